The molecule has 0 fully saturated rings. The van der Waals surface area contributed by atoms with Gasteiger partial charge in [0.2, 0.25) is 0 Å². The minimum absolute atomic E-state index is 0.183. The Morgan fingerprint density at radius 3 is 2.37 bits per heavy atom. The number of nitrogens with one attached hydrogen (secondary N) is 1. The first-order valence-corrected chi connectivity index (χ1v) is 6.59. The van der Waals surface area contributed by atoms with E-state index in [9.17, 15) is 9.90 Å². The number of esters is 1. The van der Waals surface area contributed by atoms with Crippen molar-refractivity contribution in [3.63, 3.8) is 0 Å². The number of methoxy groups -OCH3 is 1. The van der Waals surface area contributed by atoms with Crippen molar-refractivity contribution in [2.75, 3.05) is 13.7 Å². The molecule has 0 bridgehead atoms. The van der Waals surface area contributed by atoms with Crippen molar-refractivity contribution in [3.05, 3.63) is 29.8 Å². The van der Waals surface area contributed by atoms with E-state index in [4.69, 9.17) is 4.74 Å². The van der Waals surface area contributed by atoms with Crippen LogP contribution in [0.5, 0.6) is 5.75 Å². The lowest BCUT2D eigenvalue weighted by Gasteiger charge is -2.32. The number of carbonyl (C=O) groups is 1. The van der Waals surface area contributed by atoms with Crippen molar-refractivity contribution in [3.8, 4) is 5.75 Å². The van der Waals surface area contributed by atoms with Gasteiger partial charge in [0.1, 0.15) is 11.3 Å². The molecule has 0 heterocycles. The van der Waals surface area contributed by atoms with Crippen LogP contribution in [0, 0.1) is 5.92 Å². The van der Waals surface area contributed by atoms with Crippen LogP contribution in [0.1, 0.15) is 32.8 Å². The number of hydrogen-bond acceptors (Lipinski definition) is 4. The molecule has 1 atom stereocenters. The molecule has 2 N–H and O–H groups in total. The zero-order valence-corrected chi connectivity index (χ0v) is 12.1. The second kappa shape index (κ2) is 6.57. The second-order valence-electron chi connectivity index (χ2n) is 5.07. The predicted molar refractivity (Wildman–Crippen MR) is 74.9 cm³/mol. The third-order valence-corrected chi connectivity index (χ3v) is 3.24. The number of rotatable bonds is 6. The zero-order chi connectivity index (χ0) is 14.5. The Morgan fingerprint density at radius 1 is 1.37 bits per heavy atom. The van der Waals surface area contributed by atoms with Gasteiger partial charge in [0.15, 0.2) is 0 Å². The SMILES string of the molecule is CCC(NCC(C)C)(C(=O)OC)c1ccc(O)cc1. The summed E-state index contributed by atoms with van der Waals surface area (Å²) in [6, 6.07) is 6.67. The molecular weight excluding hydrogens is 242 g/mol. The van der Waals surface area contributed by atoms with Gasteiger partial charge < -0.3 is 9.84 Å². The average Bonchev–Trinajstić information content (AvgIpc) is 2.41. The number of phenols is 1. The summed E-state index contributed by atoms with van der Waals surface area (Å²) in [5, 5.41) is 12.7. The summed E-state index contributed by atoms with van der Waals surface area (Å²) >= 11 is 0. The van der Waals surface area contributed by atoms with E-state index in [0.717, 1.165) is 5.56 Å². The molecule has 4 heteroatoms. The molecule has 1 rings (SSSR count). The molecule has 0 amide bonds. The van der Waals surface area contributed by atoms with Crippen molar-refractivity contribution >= 4 is 5.97 Å². The van der Waals surface area contributed by atoms with Gasteiger partial charge in [-0.3, -0.25) is 5.32 Å². The topological polar surface area (TPSA) is 58.6 Å². The Bertz CT molecular complexity index is 414. The summed E-state index contributed by atoms with van der Waals surface area (Å²) in [5.74, 6) is 0.302. The molecule has 0 spiro atoms. The molecule has 0 aliphatic carbocycles. The summed E-state index contributed by atoms with van der Waals surface area (Å²) < 4.78 is 4.96. The van der Waals surface area contributed by atoms with E-state index in [2.05, 4.69) is 19.2 Å². The lowest BCUT2D eigenvalue weighted by molar-refractivity contribution is -0.149. The number of benzene rings is 1. The first-order chi connectivity index (χ1) is 8.96. The van der Waals surface area contributed by atoms with Crippen LogP contribution in [0.4, 0.5) is 0 Å². The summed E-state index contributed by atoms with van der Waals surface area (Å²) in [4.78, 5) is 12.2. The maximum atomic E-state index is 12.2. The van der Waals surface area contributed by atoms with Gasteiger partial charge in [-0.25, -0.2) is 4.79 Å². The number of aromatic hydroxyl groups is 1. The van der Waals surface area contributed by atoms with Crippen molar-refractivity contribution in [1.29, 1.82) is 0 Å². The molecule has 0 aliphatic rings. The van der Waals surface area contributed by atoms with Gasteiger partial charge >= 0.3 is 5.97 Å². The van der Waals surface area contributed by atoms with Gasteiger partial charge in [-0.05, 0) is 36.6 Å². The van der Waals surface area contributed by atoms with E-state index in [1.165, 1.54) is 7.11 Å². The van der Waals surface area contributed by atoms with Gasteiger partial charge in [-0.1, -0.05) is 32.9 Å². The second-order valence-corrected chi connectivity index (χ2v) is 5.07. The monoisotopic (exact) mass is 265 g/mol. The Hall–Kier alpha value is -1.55. The fraction of sp³-hybridized carbons (Fsp3) is 0.533. The van der Waals surface area contributed by atoms with E-state index in [1.807, 2.05) is 6.92 Å². The van der Waals surface area contributed by atoms with Gasteiger partial charge in [-0.2, -0.15) is 0 Å². The van der Waals surface area contributed by atoms with Crippen LogP contribution in [0.3, 0.4) is 0 Å². The van der Waals surface area contributed by atoms with E-state index >= 15 is 0 Å². The standard InChI is InChI=1S/C15H23NO3/c1-5-15(14(18)19-4,16-10-11(2)3)12-6-8-13(17)9-7-12/h6-9,11,16-17H,5,10H2,1-4H3. The molecule has 0 saturated heterocycles. The highest BCUT2D eigenvalue weighted by Crippen LogP contribution is 2.28. The zero-order valence-electron chi connectivity index (χ0n) is 12.1. The molecule has 4 nitrogen and oxygen atoms in total. The first-order valence-electron chi connectivity index (χ1n) is 6.59. The molecule has 0 aliphatic heterocycles. The molecule has 0 saturated carbocycles. The third kappa shape index (κ3) is 3.47. The van der Waals surface area contributed by atoms with E-state index < -0.39 is 5.54 Å². The number of carbonyl (C=O) groups excluding carboxylic acids is 1. The van der Waals surface area contributed by atoms with Gasteiger partial charge in [-0.15, -0.1) is 0 Å². The normalized spacial score (nSPS) is 14.2. The fourth-order valence-electron chi connectivity index (χ4n) is 2.06. The van der Waals surface area contributed by atoms with Gasteiger partial charge in [0.25, 0.3) is 0 Å². The van der Waals surface area contributed by atoms with Gasteiger partial charge in [0, 0.05) is 0 Å². The Kier molecular flexibility index (Phi) is 5.36. The highest BCUT2D eigenvalue weighted by atomic mass is 16.5. The molecular formula is C15H23NO3. The molecule has 106 valence electrons. The van der Waals surface area contributed by atoms with Gasteiger partial charge in [0.05, 0.1) is 7.11 Å². The maximum absolute atomic E-state index is 12.2. The molecule has 1 aromatic rings. The van der Waals surface area contributed by atoms with Crippen LogP contribution in [0.2, 0.25) is 0 Å². The van der Waals surface area contributed by atoms with E-state index in [1.54, 1.807) is 24.3 Å². The number of ether oxygens (including phenoxy) is 1. The minimum Gasteiger partial charge on any atom is -0.508 e. The third-order valence-electron chi connectivity index (χ3n) is 3.24. The van der Waals surface area contributed by atoms with Crippen LogP contribution < -0.4 is 5.32 Å². The summed E-state index contributed by atoms with van der Waals surface area (Å²) in [7, 11) is 1.39. The Balaban J connectivity index is 3.15. The minimum atomic E-state index is -0.854. The highest BCUT2D eigenvalue weighted by Gasteiger charge is 2.39. The van der Waals surface area contributed by atoms with Crippen LogP contribution >= 0.6 is 0 Å². The maximum Gasteiger partial charge on any atom is 0.330 e. The first kappa shape index (κ1) is 15.5. The predicted octanol–water partition coefficient (Wildman–Crippen LogP) is 2.42. The number of phenolic OH excluding ortho intramolecular Hbond substituents is 1. The Morgan fingerprint density at radius 2 is 1.95 bits per heavy atom. The summed E-state index contributed by atoms with van der Waals surface area (Å²) in [6.45, 7) is 6.82. The van der Waals surface area contributed by atoms with Crippen molar-refractivity contribution in [2.45, 2.75) is 32.7 Å². The quantitative estimate of drug-likeness (QED) is 0.776. The molecule has 1 unspecified atom stereocenters. The molecule has 0 aromatic heterocycles. The lowest BCUT2D eigenvalue weighted by atomic mass is 9.86. The summed E-state index contributed by atoms with van der Waals surface area (Å²) in [6.07, 6.45) is 0.581. The van der Waals surface area contributed by atoms with Crippen LogP contribution in [-0.2, 0) is 15.1 Å². The number of hydrogen-bond donors (Lipinski definition) is 2. The van der Waals surface area contributed by atoms with Crippen LogP contribution in [0.25, 0.3) is 0 Å². The Labute approximate surface area is 114 Å². The fourth-order valence-corrected chi connectivity index (χ4v) is 2.06. The van der Waals surface area contributed by atoms with E-state index in [-0.39, 0.29) is 11.7 Å². The van der Waals surface area contributed by atoms with Crippen molar-refractivity contribution < 1.29 is 14.6 Å². The smallest absolute Gasteiger partial charge is 0.330 e. The summed E-state index contributed by atoms with van der Waals surface area (Å²) in [5.41, 5.74) is -0.0486. The molecule has 1 aromatic carbocycles. The lowest BCUT2D eigenvalue weighted by Crippen LogP contribution is -2.50. The van der Waals surface area contributed by atoms with Crippen molar-refractivity contribution in [2.24, 2.45) is 5.92 Å². The van der Waals surface area contributed by atoms with Crippen molar-refractivity contribution in [1.82, 2.24) is 5.32 Å². The largest absolute Gasteiger partial charge is 0.508 e. The highest BCUT2D eigenvalue weighted by molar-refractivity contribution is 5.82. The average molecular weight is 265 g/mol. The van der Waals surface area contributed by atoms with Crippen LogP contribution in [0.15, 0.2) is 24.3 Å². The van der Waals surface area contributed by atoms with Crippen LogP contribution in [-0.4, -0.2) is 24.7 Å². The molecule has 19 heavy (non-hydrogen) atoms. The van der Waals surface area contributed by atoms with E-state index in [0.29, 0.717) is 18.9 Å². The molecule has 0 radical (unpaired) electrons.